The van der Waals surface area contributed by atoms with Gasteiger partial charge in [-0.1, -0.05) is 170 Å². The molecule has 0 amide bonds. The number of hydrogen-bond donors (Lipinski definition) is 0. The van der Waals surface area contributed by atoms with E-state index >= 15 is 0 Å². The molecular formula is C65H42N4. The largest absolute Gasteiger partial charge is 0.309 e. The molecule has 69 heavy (non-hydrogen) atoms. The molecule has 0 bridgehead atoms. The first-order valence-electron chi connectivity index (χ1n) is 23.6. The van der Waals surface area contributed by atoms with Crippen LogP contribution in [0.15, 0.2) is 255 Å². The van der Waals surface area contributed by atoms with Crippen molar-refractivity contribution >= 4 is 65.4 Å². The van der Waals surface area contributed by atoms with Gasteiger partial charge in [0.15, 0.2) is 0 Å². The molecule has 0 N–H and O–H groups in total. The van der Waals surface area contributed by atoms with Gasteiger partial charge in [-0.05, 0) is 107 Å². The van der Waals surface area contributed by atoms with Crippen LogP contribution >= 0.6 is 0 Å². The predicted octanol–water partition coefficient (Wildman–Crippen LogP) is 17.0. The van der Waals surface area contributed by atoms with Crippen molar-refractivity contribution in [3.8, 4) is 61.8 Å². The lowest BCUT2D eigenvalue weighted by Crippen LogP contribution is -2.00. The van der Waals surface area contributed by atoms with Crippen molar-refractivity contribution in [1.29, 1.82) is 0 Å². The van der Waals surface area contributed by atoms with Crippen molar-refractivity contribution in [2.75, 3.05) is 0 Å². The monoisotopic (exact) mass is 878 g/mol. The van der Waals surface area contributed by atoms with Gasteiger partial charge in [0.05, 0.1) is 44.5 Å². The molecule has 0 fully saturated rings. The lowest BCUT2D eigenvalue weighted by Gasteiger charge is -2.16. The van der Waals surface area contributed by atoms with Crippen LogP contribution < -0.4 is 0 Å². The Hall–Kier alpha value is -9.25. The third-order valence-corrected chi connectivity index (χ3v) is 14.0. The molecule has 0 spiro atoms. The van der Waals surface area contributed by atoms with Crippen molar-refractivity contribution in [1.82, 2.24) is 18.7 Å². The number of aromatic nitrogens is 4. The Kier molecular flexibility index (Phi) is 8.86. The summed E-state index contributed by atoms with van der Waals surface area (Å²) in [4.78, 5) is 5.34. The van der Waals surface area contributed by atoms with E-state index in [9.17, 15) is 0 Å². The first-order valence-corrected chi connectivity index (χ1v) is 23.6. The Morgan fingerprint density at radius 2 is 0.522 bits per heavy atom. The van der Waals surface area contributed by atoms with Gasteiger partial charge in [0.1, 0.15) is 0 Å². The fraction of sp³-hybridized carbons (Fsp3) is 0. The number of hydrogen-bond acceptors (Lipinski definition) is 1. The smallest absolute Gasteiger partial charge is 0.0715 e. The molecule has 4 aromatic heterocycles. The predicted molar refractivity (Wildman–Crippen MR) is 289 cm³/mol. The van der Waals surface area contributed by atoms with Crippen LogP contribution in [-0.2, 0) is 0 Å². The Morgan fingerprint density at radius 3 is 0.928 bits per heavy atom. The second-order valence-electron chi connectivity index (χ2n) is 18.0. The summed E-state index contributed by atoms with van der Waals surface area (Å²) in [6, 6.07) is 92.4. The minimum atomic E-state index is 0.924. The van der Waals surface area contributed by atoms with Gasteiger partial charge in [0.25, 0.3) is 0 Å². The van der Waals surface area contributed by atoms with Crippen LogP contribution in [0, 0.1) is 0 Å². The summed E-state index contributed by atoms with van der Waals surface area (Å²) in [6.45, 7) is 0. The number of nitrogens with zero attached hydrogens (tertiary/aromatic N) is 4. The van der Waals surface area contributed by atoms with E-state index in [4.69, 9.17) is 4.98 Å². The normalized spacial score (nSPS) is 11.8. The van der Waals surface area contributed by atoms with Crippen LogP contribution in [0.3, 0.4) is 0 Å². The number of rotatable bonds is 7. The zero-order valence-corrected chi connectivity index (χ0v) is 37.5. The Morgan fingerprint density at radius 1 is 0.203 bits per heavy atom. The van der Waals surface area contributed by atoms with Crippen LogP contribution in [0.1, 0.15) is 0 Å². The molecule has 10 aromatic carbocycles. The van der Waals surface area contributed by atoms with Gasteiger partial charge in [-0.3, -0.25) is 0 Å². The second-order valence-corrected chi connectivity index (χ2v) is 18.0. The molecular weight excluding hydrogens is 837 g/mol. The van der Waals surface area contributed by atoms with Crippen molar-refractivity contribution in [3.05, 3.63) is 255 Å². The van der Waals surface area contributed by atoms with E-state index in [0.29, 0.717) is 0 Å². The number of fused-ring (bicyclic) bond motifs is 9. The summed E-state index contributed by atoms with van der Waals surface area (Å²) < 4.78 is 7.23. The highest BCUT2D eigenvalue weighted by Gasteiger charge is 2.19. The molecule has 4 nitrogen and oxygen atoms in total. The Bertz CT molecular complexity index is 4010. The maximum Gasteiger partial charge on any atom is 0.0715 e. The van der Waals surface area contributed by atoms with E-state index in [1.165, 1.54) is 65.4 Å². The SMILES string of the molecule is c1ccc(-c2cc(-c3cccc(-c4cc(-n5c6ccccc6c6ccccc65)cc(-n5c6ccccc6c6ccccc65)c4)c3)cc(-c3ccc(-n4c5ccccc5c5ccccc54)cc3)n2)cc1. The first kappa shape index (κ1) is 39.0. The standard InChI is InChI=1S/C65H42N4/c1-2-17-43(18-3-1)58-40-48(41-59(66-58)44-33-35-49(36-34-44)67-60-27-10-4-21-52(60)53-22-5-11-28-61(53)67)46-20-16-19-45(37-46)47-38-50(68-62-29-12-6-23-54(62)55-24-7-13-30-63(55)68)42-51(39-47)69-64-31-14-8-25-56(64)57-26-9-15-32-65(57)69/h1-42H. The number of para-hydroxylation sites is 6. The zero-order valence-electron chi connectivity index (χ0n) is 37.5. The second kappa shape index (κ2) is 15.7. The van der Waals surface area contributed by atoms with Crippen LogP contribution in [0.5, 0.6) is 0 Å². The van der Waals surface area contributed by atoms with Gasteiger partial charge in [0.2, 0.25) is 0 Å². The molecule has 0 aliphatic heterocycles. The van der Waals surface area contributed by atoms with Crippen molar-refractivity contribution in [2.45, 2.75) is 0 Å². The van der Waals surface area contributed by atoms with Crippen LogP contribution in [0.4, 0.5) is 0 Å². The molecule has 0 aliphatic carbocycles. The van der Waals surface area contributed by atoms with Gasteiger partial charge in [0, 0.05) is 60.5 Å². The first-order chi connectivity index (χ1) is 34.2. The van der Waals surface area contributed by atoms with Crippen LogP contribution in [0.25, 0.3) is 127 Å². The van der Waals surface area contributed by atoms with Gasteiger partial charge < -0.3 is 13.7 Å². The van der Waals surface area contributed by atoms with Crippen molar-refractivity contribution in [2.24, 2.45) is 0 Å². The maximum absolute atomic E-state index is 5.34. The van der Waals surface area contributed by atoms with E-state index in [2.05, 4.69) is 268 Å². The van der Waals surface area contributed by atoms with E-state index in [1.54, 1.807) is 0 Å². The lowest BCUT2D eigenvalue weighted by molar-refractivity contribution is 1.13. The van der Waals surface area contributed by atoms with Gasteiger partial charge in [-0.2, -0.15) is 0 Å². The van der Waals surface area contributed by atoms with Crippen molar-refractivity contribution in [3.63, 3.8) is 0 Å². The average molecular weight is 879 g/mol. The van der Waals surface area contributed by atoms with E-state index < -0.39 is 0 Å². The van der Waals surface area contributed by atoms with E-state index in [0.717, 1.165) is 61.8 Å². The van der Waals surface area contributed by atoms with Gasteiger partial charge in [-0.25, -0.2) is 4.98 Å². The zero-order chi connectivity index (χ0) is 45.4. The summed E-state index contributed by atoms with van der Waals surface area (Å²) in [7, 11) is 0. The highest BCUT2D eigenvalue weighted by Crippen LogP contribution is 2.40. The molecule has 14 aromatic rings. The molecule has 4 heterocycles. The molecule has 0 saturated heterocycles. The van der Waals surface area contributed by atoms with E-state index in [-0.39, 0.29) is 0 Å². The summed E-state index contributed by atoms with van der Waals surface area (Å²) in [5.41, 5.74) is 18.9. The molecule has 0 aliphatic rings. The van der Waals surface area contributed by atoms with E-state index in [1.807, 2.05) is 0 Å². The molecule has 14 rings (SSSR count). The topological polar surface area (TPSA) is 27.7 Å². The van der Waals surface area contributed by atoms with Gasteiger partial charge >= 0.3 is 0 Å². The Balaban J connectivity index is 0.940. The number of pyridine rings is 1. The highest BCUT2D eigenvalue weighted by molar-refractivity contribution is 6.11. The average Bonchev–Trinajstić information content (AvgIpc) is 4.07. The summed E-state index contributed by atoms with van der Waals surface area (Å²) in [6.07, 6.45) is 0. The maximum atomic E-state index is 5.34. The lowest BCUT2D eigenvalue weighted by atomic mass is 9.96. The third kappa shape index (κ3) is 6.34. The Labute approximate surface area is 398 Å². The van der Waals surface area contributed by atoms with Crippen molar-refractivity contribution < 1.29 is 0 Å². The minimum Gasteiger partial charge on any atom is -0.309 e. The summed E-state index contributed by atoms with van der Waals surface area (Å²) >= 11 is 0. The number of benzene rings is 10. The van der Waals surface area contributed by atoms with Crippen LogP contribution in [0.2, 0.25) is 0 Å². The summed E-state index contributed by atoms with van der Waals surface area (Å²) in [5.74, 6) is 0. The molecule has 322 valence electrons. The fourth-order valence-electron chi connectivity index (χ4n) is 10.9. The molecule has 0 radical (unpaired) electrons. The fourth-order valence-corrected chi connectivity index (χ4v) is 10.9. The highest BCUT2D eigenvalue weighted by atomic mass is 15.0. The molecule has 0 saturated carbocycles. The summed E-state index contributed by atoms with van der Waals surface area (Å²) in [5, 5.41) is 7.46. The molecule has 4 heteroatoms. The molecule has 0 atom stereocenters. The van der Waals surface area contributed by atoms with Gasteiger partial charge in [-0.15, -0.1) is 0 Å². The molecule has 0 unspecified atom stereocenters. The van der Waals surface area contributed by atoms with Crippen LogP contribution in [-0.4, -0.2) is 18.7 Å². The minimum absolute atomic E-state index is 0.924. The quantitative estimate of drug-likeness (QED) is 0.157. The third-order valence-electron chi connectivity index (χ3n) is 14.0.